The summed E-state index contributed by atoms with van der Waals surface area (Å²) in [7, 11) is 0. The van der Waals surface area contributed by atoms with Crippen molar-refractivity contribution < 1.29 is 9.90 Å². The number of nitrogens with one attached hydrogen (secondary N) is 1. The van der Waals surface area contributed by atoms with Crippen LogP contribution in [0.15, 0.2) is 23.0 Å². The molecule has 0 bridgehead atoms. The fraction of sp³-hybridized carbons (Fsp3) is 0.154. The Kier molecular flexibility index (Phi) is 2.86. The van der Waals surface area contributed by atoms with Crippen LogP contribution in [-0.4, -0.2) is 16.1 Å². The Balaban J connectivity index is 2.93. The SMILES string of the molecule is CCc1cc(C#N)c2[nH]c(C(=O)O)cc(=O)c2c1. The summed E-state index contributed by atoms with van der Waals surface area (Å²) in [6.07, 6.45) is 0.699. The fourth-order valence-corrected chi connectivity index (χ4v) is 1.82. The summed E-state index contributed by atoms with van der Waals surface area (Å²) in [5, 5.41) is 18.3. The topological polar surface area (TPSA) is 93.9 Å². The molecule has 0 amide bonds. The number of carboxylic acids is 1. The molecule has 0 atom stereocenters. The number of hydrogen-bond donors (Lipinski definition) is 2. The van der Waals surface area contributed by atoms with E-state index >= 15 is 0 Å². The summed E-state index contributed by atoms with van der Waals surface area (Å²) in [5.41, 5.74) is 0.818. The van der Waals surface area contributed by atoms with Gasteiger partial charge in [-0.3, -0.25) is 4.79 Å². The Morgan fingerprint density at radius 2 is 2.17 bits per heavy atom. The van der Waals surface area contributed by atoms with E-state index in [-0.39, 0.29) is 16.8 Å². The van der Waals surface area contributed by atoms with Crippen LogP contribution in [0.1, 0.15) is 28.5 Å². The van der Waals surface area contributed by atoms with Crippen LogP contribution in [0.2, 0.25) is 0 Å². The molecule has 1 aromatic heterocycles. The van der Waals surface area contributed by atoms with Crippen molar-refractivity contribution in [3.05, 3.63) is 45.2 Å². The molecule has 2 N–H and O–H groups in total. The van der Waals surface area contributed by atoms with Gasteiger partial charge in [-0.25, -0.2) is 4.79 Å². The van der Waals surface area contributed by atoms with Crippen molar-refractivity contribution in [3.63, 3.8) is 0 Å². The van der Waals surface area contributed by atoms with Gasteiger partial charge in [-0.05, 0) is 24.1 Å². The number of H-pyrrole nitrogens is 1. The number of aromatic nitrogens is 1. The highest BCUT2D eigenvalue weighted by atomic mass is 16.4. The zero-order valence-electron chi connectivity index (χ0n) is 9.65. The third-order valence-electron chi connectivity index (χ3n) is 2.76. The van der Waals surface area contributed by atoms with E-state index in [1.54, 1.807) is 12.1 Å². The lowest BCUT2D eigenvalue weighted by atomic mass is 10.0. The molecule has 0 saturated carbocycles. The molecule has 0 radical (unpaired) electrons. The van der Waals surface area contributed by atoms with Crippen LogP contribution < -0.4 is 5.43 Å². The van der Waals surface area contributed by atoms with E-state index in [0.29, 0.717) is 11.8 Å². The van der Waals surface area contributed by atoms with E-state index in [1.165, 1.54) is 0 Å². The summed E-state index contributed by atoms with van der Waals surface area (Å²) < 4.78 is 0. The van der Waals surface area contributed by atoms with Crippen molar-refractivity contribution in [2.24, 2.45) is 0 Å². The van der Waals surface area contributed by atoms with Crippen LogP contribution in [0.3, 0.4) is 0 Å². The molecule has 1 heterocycles. The smallest absolute Gasteiger partial charge is 0.352 e. The van der Waals surface area contributed by atoms with Crippen LogP contribution in [-0.2, 0) is 6.42 Å². The quantitative estimate of drug-likeness (QED) is 0.837. The third-order valence-corrected chi connectivity index (χ3v) is 2.76. The summed E-state index contributed by atoms with van der Waals surface area (Å²) in [6.45, 7) is 1.92. The summed E-state index contributed by atoms with van der Waals surface area (Å²) in [6, 6.07) is 6.35. The first kappa shape index (κ1) is 11.9. The van der Waals surface area contributed by atoms with Crippen LogP contribution in [0.4, 0.5) is 0 Å². The Bertz CT molecular complexity index is 738. The number of aromatic carboxylic acids is 1. The minimum Gasteiger partial charge on any atom is -0.477 e. The predicted molar refractivity (Wildman–Crippen MR) is 65.6 cm³/mol. The minimum absolute atomic E-state index is 0.215. The molecule has 0 aliphatic heterocycles. The van der Waals surface area contributed by atoms with Crippen LogP contribution >= 0.6 is 0 Å². The zero-order valence-corrected chi connectivity index (χ0v) is 9.65. The number of aryl methyl sites for hydroxylation is 1. The number of nitrogens with zero attached hydrogens (tertiary/aromatic N) is 1. The molecule has 0 aliphatic rings. The molecule has 1 aromatic carbocycles. The van der Waals surface area contributed by atoms with E-state index < -0.39 is 11.4 Å². The Morgan fingerprint density at radius 3 is 2.72 bits per heavy atom. The number of hydrogen-bond acceptors (Lipinski definition) is 3. The lowest BCUT2D eigenvalue weighted by Gasteiger charge is -2.05. The van der Waals surface area contributed by atoms with Gasteiger partial charge < -0.3 is 10.1 Å². The molecule has 0 saturated heterocycles. The van der Waals surface area contributed by atoms with Crippen molar-refractivity contribution in [3.8, 4) is 6.07 Å². The van der Waals surface area contributed by atoms with Crippen LogP contribution in [0.25, 0.3) is 10.9 Å². The van der Waals surface area contributed by atoms with Gasteiger partial charge in [0.25, 0.3) is 0 Å². The highest BCUT2D eigenvalue weighted by Crippen LogP contribution is 2.17. The maximum atomic E-state index is 11.8. The lowest BCUT2D eigenvalue weighted by molar-refractivity contribution is 0.0691. The third kappa shape index (κ3) is 1.84. The molecule has 0 unspecified atom stereocenters. The van der Waals surface area contributed by atoms with E-state index in [2.05, 4.69) is 4.98 Å². The van der Waals surface area contributed by atoms with Gasteiger partial charge in [-0.15, -0.1) is 0 Å². The highest BCUT2D eigenvalue weighted by Gasteiger charge is 2.11. The van der Waals surface area contributed by atoms with E-state index in [4.69, 9.17) is 10.4 Å². The van der Waals surface area contributed by atoms with Gasteiger partial charge in [0.1, 0.15) is 11.8 Å². The molecular formula is C13H10N2O3. The zero-order chi connectivity index (χ0) is 13.3. The van der Waals surface area contributed by atoms with Gasteiger partial charge in [0.15, 0.2) is 5.43 Å². The molecule has 2 aromatic rings. The van der Waals surface area contributed by atoms with Crippen LogP contribution in [0, 0.1) is 11.3 Å². The molecule has 90 valence electrons. The summed E-state index contributed by atoms with van der Waals surface area (Å²) in [5.74, 6) is -1.22. The Hall–Kier alpha value is -2.61. The molecule has 5 heteroatoms. The first-order valence-corrected chi connectivity index (χ1v) is 5.40. The summed E-state index contributed by atoms with van der Waals surface area (Å²) in [4.78, 5) is 25.3. The van der Waals surface area contributed by atoms with Gasteiger partial charge in [0.2, 0.25) is 0 Å². The predicted octanol–water partition coefficient (Wildman–Crippen LogP) is 1.66. The maximum absolute atomic E-state index is 11.8. The minimum atomic E-state index is -1.22. The number of nitriles is 1. The molecule has 0 aliphatic carbocycles. The van der Waals surface area contributed by atoms with Gasteiger partial charge in [-0.2, -0.15) is 5.26 Å². The molecule has 5 nitrogen and oxygen atoms in total. The van der Waals surface area contributed by atoms with E-state index in [9.17, 15) is 9.59 Å². The second-order valence-electron chi connectivity index (χ2n) is 3.88. The van der Waals surface area contributed by atoms with Crippen molar-refractivity contribution in [1.82, 2.24) is 4.98 Å². The van der Waals surface area contributed by atoms with Gasteiger partial charge in [-0.1, -0.05) is 6.92 Å². The molecule has 0 fully saturated rings. The largest absolute Gasteiger partial charge is 0.477 e. The number of rotatable bonds is 2. The number of benzene rings is 1. The van der Waals surface area contributed by atoms with Crippen molar-refractivity contribution in [2.75, 3.05) is 0 Å². The van der Waals surface area contributed by atoms with Crippen molar-refractivity contribution in [1.29, 1.82) is 5.26 Å². The standard InChI is InChI=1S/C13H10N2O3/c1-2-7-3-8(6-14)12-9(4-7)11(16)5-10(15-12)13(17)18/h3-5H,2H2,1H3,(H,15,16)(H,17,18). The van der Waals surface area contributed by atoms with Gasteiger partial charge in [0, 0.05) is 11.5 Å². The normalized spacial score (nSPS) is 10.2. The number of pyridine rings is 1. The molecule has 0 spiro atoms. The molecule has 18 heavy (non-hydrogen) atoms. The second-order valence-corrected chi connectivity index (χ2v) is 3.88. The molecular weight excluding hydrogens is 232 g/mol. The van der Waals surface area contributed by atoms with Crippen molar-refractivity contribution >= 4 is 16.9 Å². The number of carboxylic acid groups (broad SMARTS) is 1. The average Bonchev–Trinajstić information content (AvgIpc) is 2.37. The Labute approximate surface area is 102 Å². The highest BCUT2D eigenvalue weighted by molar-refractivity contribution is 5.91. The first-order valence-electron chi connectivity index (χ1n) is 5.40. The second kappa shape index (κ2) is 4.34. The monoisotopic (exact) mass is 242 g/mol. The number of carbonyl (C=O) groups is 1. The first-order chi connectivity index (χ1) is 8.56. The van der Waals surface area contributed by atoms with Crippen LogP contribution in [0.5, 0.6) is 0 Å². The average molecular weight is 242 g/mol. The fourth-order valence-electron chi connectivity index (χ4n) is 1.82. The lowest BCUT2D eigenvalue weighted by Crippen LogP contribution is -2.10. The number of fused-ring (bicyclic) bond motifs is 1. The maximum Gasteiger partial charge on any atom is 0.352 e. The van der Waals surface area contributed by atoms with E-state index in [0.717, 1.165) is 11.6 Å². The van der Waals surface area contributed by atoms with Gasteiger partial charge >= 0.3 is 5.97 Å². The van der Waals surface area contributed by atoms with Crippen molar-refractivity contribution in [2.45, 2.75) is 13.3 Å². The van der Waals surface area contributed by atoms with Gasteiger partial charge in [0.05, 0.1) is 11.1 Å². The van der Waals surface area contributed by atoms with E-state index in [1.807, 2.05) is 13.0 Å². The Morgan fingerprint density at radius 1 is 1.44 bits per heavy atom. The summed E-state index contributed by atoms with van der Waals surface area (Å²) >= 11 is 0. The molecule has 2 rings (SSSR count). The number of aromatic amines is 1.